The average molecular weight is 397 g/mol. The van der Waals surface area contributed by atoms with E-state index in [4.69, 9.17) is 9.47 Å². The summed E-state index contributed by atoms with van der Waals surface area (Å²) in [5.74, 6) is 0.702. The maximum atomic E-state index is 14.2. The van der Waals surface area contributed by atoms with E-state index in [1.54, 1.807) is 20.3 Å². The van der Waals surface area contributed by atoms with Crippen molar-refractivity contribution < 1.29 is 13.9 Å². The van der Waals surface area contributed by atoms with Crippen LogP contribution in [-0.4, -0.2) is 36.8 Å². The van der Waals surface area contributed by atoms with Crippen molar-refractivity contribution in [3.63, 3.8) is 0 Å². The second-order valence-electron chi connectivity index (χ2n) is 7.13. The number of rotatable bonds is 11. The second kappa shape index (κ2) is 10.8. The first-order chi connectivity index (χ1) is 14.2. The Balaban J connectivity index is 1.73. The van der Waals surface area contributed by atoms with Gasteiger partial charge in [0.1, 0.15) is 11.6 Å². The topological polar surface area (TPSA) is 26.6 Å². The molecule has 0 saturated carbocycles. The molecule has 3 aromatic rings. The van der Waals surface area contributed by atoms with Crippen LogP contribution < -0.4 is 4.74 Å². The van der Waals surface area contributed by atoms with Crippen molar-refractivity contribution in [2.45, 2.75) is 26.1 Å². The van der Waals surface area contributed by atoms with Crippen LogP contribution in [0, 0.1) is 5.82 Å². The van der Waals surface area contributed by atoms with E-state index in [0.717, 1.165) is 37.4 Å². The van der Waals surface area contributed by atoms with E-state index in [0.29, 0.717) is 13.2 Å². The van der Waals surface area contributed by atoms with Gasteiger partial charge in [-0.1, -0.05) is 30.3 Å². The van der Waals surface area contributed by atoms with E-state index >= 15 is 0 Å². The number of ether oxygens (including phenoxy) is 2. The van der Waals surface area contributed by atoms with Crippen LogP contribution in [0.25, 0.3) is 0 Å². The third-order valence-electron chi connectivity index (χ3n) is 4.97. The summed E-state index contributed by atoms with van der Waals surface area (Å²) in [6, 6.07) is 19.3. The molecule has 0 spiro atoms. The molecule has 0 atom stereocenters. The highest BCUT2D eigenvalue weighted by Crippen LogP contribution is 2.17. The Kier molecular flexibility index (Phi) is 7.85. The molecule has 0 N–H and O–H groups in total. The molecular weight excluding hydrogens is 367 g/mol. The first-order valence-electron chi connectivity index (χ1n) is 9.91. The van der Waals surface area contributed by atoms with E-state index in [-0.39, 0.29) is 5.82 Å². The number of hydrogen-bond acceptors (Lipinski definition) is 3. The molecule has 0 bridgehead atoms. The molecular formula is C24H29FN2O2. The van der Waals surface area contributed by atoms with Gasteiger partial charge in [0.05, 0.1) is 7.11 Å². The van der Waals surface area contributed by atoms with Gasteiger partial charge in [-0.3, -0.25) is 4.90 Å². The first-order valence-corrected chi connectivity index (χ1v) is 9.91. The highest BCUT2D eigenvalue weighted by molar-refractivity contribution is 5.29. The van der Waals surface area contributed by atoms with Gasteiger partial charge in [0.15, 0.2) is 0 Å². The standard InChI is InChI=1S/C24H29FN2O2/c1-28-15-7-13-26(18-21-9-3-4-12-24(21)25)19-22-10-6-14-27(22)17-20-8-5-11-23(16-20)29-2/h3-6,8-12,14,16H,7,13,15,17-19H2,1-2H3. The SMILES string of the molecule is COCCCN(Cc1ccccc1F)Cc1cccn1Cc1cccc(OC)c1. The number of hydrogen-bond donors (Lipinski definition) is 0. The Bertz CT molecular complexity index is 894. The number of methoxy groups -OCH3 is 2. The lowest BCUT2D eigenvalue weighted by Gasteiger charge is -2.23. The largest absolute Gasteiger partial charge is 0.497 e. The molecule has 0 unspecified atom stereocenters. The summed E-state index contributed by atoms with van der Waals surface area (Å²) in [7, 11) is 3.39. The monoisotopic (exact) mass is 396 g/mol. The highest BCUT2D eigenvalue weighted by atomic mass is 19.1. The molecule has 0 aliphatic heterocycles. The Morgan fingerprint density at radius 1 is 0.966 bits per heavy atom. The summed E-state index contributed by atoms with van der Waals surface area (Å²) >= 11 is 0. The number of halogens is 1. The van der Waals surface area contributed by atoms with Crippen LogP contribution in [0.2, 0.25) is 0 Å². The van der Waals surface area contributed by atoms with E-state index in [1.165, 1.54) is 17.3 Å². The Morgan fingerprint density at radius 3 is 2.62 bits per heavy atom. The van der Waals surface area contributed by atoms with Crippen LogP contribution in [0.4, 0.5) is 4.39 Å². The molecule has 3 rings (SSSR count). The van der Waals surface area contributed by atoms with Crippen molar-refractivity contribution >= 4 is 0 Å². The summed E-state index contributed by atoms with van der Waals surface area (Å²) < 4.78 is 27.0. The van der Waals surface area contributed by atoms with E-state index < -0.39 is 0 Å². The van der Waals surface area contributed by atoms with E-state index in [1.807, 2.05) is 24.3 Å². The van der Waals surface area contributed by atoms with Crippen molar-refractivity contribution in [2.24, 2.45) is 0 Å². The van der Waals surface area contributed by atoms with Gasteiger partial charge in [0, 0.05) is 57.3 Å². The molecule has 154 valence electrons. The third kappa shape index (κ3) is 6.17. The zero-order valence-electron chi connectivity index (χ0n) is 17.2. The Morgan fingerprint density at radius 2 is 1.83 bits per heavy atom. The van der Waals surface area contributed by atoms with Gasteiger partial charge in [0.2, 0.25) is 0 Å². The molecule has 4 nitrogen and oxygen atoms in total. The first kappa shape index (κ1) is 21.1. The molecule has 0 aliphatic carbocycles. The minimum Gasteiger partial charge on any atom is -0.497 e. The molecule has 0 saturated heterocycles. The fraction of sp³-hybridized carbons (Fsp3) is 0.333. The quantitative estimate of drug-likeness (QED) is 0.439. The smallest absolute Gasteiger partial charge is 0.127 e. The summed E-state index contributed by atoms with van der Waals surface area (Å²) in [4.78, 5) is 2.27. The number of benzene rings is 2. The zero-order valence-corrected chi connectivity index (χ0v) is 17.2. The lowest BCUT2D eigenvalue weighted by atomic mass is 10.2. The molecule has 2 aromatic carbocycles. The summed E-state index contributed by atoms with van der Waals surface area (Å²) in [6.07, 6.45) is 2.99. The van der Waals surface area contributed by atoms with Gasteiger partial charge in [-0.05, 0) is 42.3 Å². The maximum Gasteiger partial charge on any atom is 0.127 e. The van der Waals surface area contributed by atoms with Gasteiger partial charge in [-0.25, -0.2) is 4.39 Å². The molecule has 0 radical (unpaired) electrons. The summed E-state index contributed by atoms with van der Waals surface area (Å²) in [5, 5.41) is 0. The molecule has 0 amide bonds. The number of aromatic nitrogens is 1. The van der Waals surface area contributed by atoms with Gasteiger partial charge < -0.3 is 14.0 Å². The van der Waals surface area contributed by atoms with Crippen molar-refractivity contribution in [1.82, 2.24) is 9.47 Å². The normalized spacial score (nSPS) is 11.2. The minimum atomic E-state index is -0.156. The van der Waals surface area contributed by atoms with Crippen LogP contribution in [0.15, 0.2) is 66.9 Å². The van der Waals surface area contributed by atoms with Gasteiger partial charge >= 0.3 is 0 Å². The summed E-state index contributed by atoms with van der Waals surface area (Å²) in [6.45, 7) is 3.62. The fourth-order valence-corrected chi connectivity index (χ4v) is 3.46. The molecule has 1 heterocycles. The van der Waals surface area contributed by atoms with Crippen molar-refractivity contribution in [3.8, 4) is 5.75 Å². The molecule has 0 aliphatic rings. The fourth-order valence-electron chi connectivity index (χ4n) is 3.46. The second-order valence-corrected chi connectivity index (χ2v) is 7.13. The van der Waals surface area contributed by atoms with E-state index in [9.17, 15) is 4.39 Å². The molecule has 0 fully saturated rings. The lowest BCUT2D eigenvalue weighted by molar-refractivity contribution is 0.165. The van der Waals surface area contributed by atoms with Crippen molar-refractivity contribution in [2.75, 3.05) is 27.4 Å². The minimum absolute atomic E-state index is 0.156. The number of nitrogens with zero attached hydrogens (tertiary/aromatic N) is 2. The predicted octanol–water partition coefficient (Wildman–Crippen LogP) is 4.72. The van der Waals surface area contributed by atoms with Crippen LogP contribution in [-0.2, 0) is 24.4 Å². The van der Waals surface area contributed by atoms with Crippen molar-refractivity contribution in [3.05, 3.63) is 89.5 Å². The van der Waals surface area contributed by atoms with Gasteiger partial charge in [-0.15, -0.1) is 0 Å². The molecule has 29 heavy (non-hydrogen) atoms. The molecule has 1 aromatic heterocycles. The summed E-state index contributed by atoms with van der Waals surface area (Å²) in [5.41, 5.74) is 3.10. The Hall–Kier alpha value is -2.63. The average Bonchev–Trinajstić information content (AvgIpc) is 3.16. The van der Waals surface area contributed by atoms with Gasteiger partial charge in [0.25, 0.3) is 0 Å². The van der Waals surface area contributed by atoms with Crippen LogP contribution >= 0.6 is 0 Å². The maximum absolute atomic E-state index is 14.2. The van der Waals surface area contributed by atoms with Crippen LogP contribution in [0.3, 0.4) is 0 Å². The van der Waals surface area contributed by atoms with Gasteiger partial charge in [-0.2, -0.15) is 0 Å². The molecule has 5 heteroatoms. The zero-order chi connectivity index (χ0) is 20.5. The van der Waals surface area contributed by atoms with E-state index in [2.05, 4.69) is 39.9 Å². The predicted molar refractivity (Wildman–Crippen MR) is 114 cm³/mol. The lowest BCUT2D eigenvalue weighted by Crippen LogP contribution is -2.26. The Labute approximate surface area is 172 Å². The highest BCUT2D eigenvalue weighted by Gasteiger charge is 2.12. The third-order valence-corrected chi connectivity index (χ3v) is 4.97. The van der Waals surface area contributed by atoms with Crippen LogP contribution in [0.5, 0.6) is 5.75 Å². The van der Waals surface area contributed by atoms with Crippen LogP contribution in [0.1, 0.15) is 23.2 Å². The van der Waals surface area contributed by atoms with Crippen molar-refractivity contribution in [1.29, 1.82) is 0 Å².